The lowest BCUT2D eigenvalue weighted by Gasteiger charge is -2.04. The van der Waals surface area contributed by atoms with Crippen molar-refractivity contribution in [2.75, 3.05) is 7.11 Å². The second kappa shape index (κ2) is 4.75. The van der Waals surface area contributed by atoms with Gasteiger partial charge in [-0.2, -0.15) is 0 Å². The monoisotopic (exact) mass is 231 g/mol. The summed E-state index contributed by atoms with van der Waals surface area (Å²) in [4.78, 5) is 11.1. The zero-order chi connectivity index (χ0) is 11.4. The maximum atomic E-state index is 13.6. The molecule has 0 saturated heterocycles. The molecule has 0 bridgehead atoms. The van der Waals surface area contributed by atoms with Crippen molar-refractivity contribution >= 4 is 22.7 Å². The first-order valence-electron chi connectivity index (χ1n) is 3.86. The molecule has 0 spiro atoms. The number of ether oxygens (including phenoxy) is 1. The molecule has 0 radical (unpaired) electrons. The highest BCUT2D eigenvalue weighted by Gasteiger charge is 2.17. The Morgan fingerprint density at radius 2 is 2.13 bits per heavy atom. The molecule has 1 rings (SSSR count). The van der Waals surface area contributed by atoms with Crippen LogP contribution in [0.1, 0.15) is 15.9 Å². The molecule has 0 amide bonds. The van der Waals surface area contributed by atoms with Gasteiger partial charge in [0.15, 0.2) is 5.17 Å². The van der Waals surface area contributed by atoms with E-state index in [2.05, 4.69) is 9.89 Å². The molecule has 4 nitrogen and oxygen atoms in total. The number of carbonyl (C=O) groups is 1. The van der Waals surface area contributed by atoms with Crippen molar-refractivity contribution in [3.63, 3.8) is 0 Å². The number of nitrogens with zero attached hydrogens (tertiary/aromatic N) is 1. The lowest BCUT2D eigenvalue weighted by molar-refractivity contribution is 0.0595. The van der Waals surface area contributed by atoms with Crippen molar-refractivity contribution in [2.24, 2.45) is 5.16 Å². The van der Waals surface area contributed by atoms with Gasteiger partial charge in [-0.05, 0) is 12.1 Å². The Morgan fingerprint density at radius 1 is 1.53 bits per heavy atom. The second-order valence-electron chi connectivity index (χ2n) is 2.55. The first-order valence-corrected chi connectivity index (χ1v) is 4.24. The molecule has 0 saturated carbocycles. The summed E-state index contributed by atoms with van der Waals surface area (Å²) in [5, 5.41) is 10.6. The molecule has 0 aliphatic heterocycles. The van der Waals surface area contributed by atoms with Crippen LogP contribution in [0.25, 0.3) is 0 Å². The number of oxime groups is 1. The smallest absolute Gasteiger partial charge is 0.340 e. The third kappa shape index (κ3) is 2.24. The number of hydrogen-bond donors (Lipinski definition) is 1. The Balaban J connectivity index is 3.29. The number of benzene rings is 1. The van der Waals surface area contributed by atoms with E-state index in [1.165, 1.54) is 18.2 Å². The van der Waals surface area contributed by atoms with Crippen LogP contribution in [-0.2, 0) is 4.74 Å². The van der Waals surface area contributed by atoms with Gasteiger partial charge >= 0.3 is 5.97 Å². The van der Waals surface area contributed by atoms with E-state index in [1.54, 1.807) is 0 Å². The van der Waals surface area contributed by atoms with Crippen LogP contribution in [-0.4, -0.2) is 23.5 Å². The van der Waals surface area contributed by atoms with Gasteiger partial charge in [0.25, 0.3) is 0 Å². The van der Waals surface area contributed by atoms with Crippen molar-refractivity contribution in [3.05, 3.63) is 35.1 Å². The van der Waals surface area contributed by atoms with E-state index < -0.39 is 17.0 Å². The molecule has 1 aromatic rings. The van der Waals surface area contributed by atoms with E-state index in [1.807, 2.05) is 0 Å². The molecule has 0 heterocycles. The number of methoxy groups -OCH3 is 1. The Hall–Kier alpha value is -1.62. The SMILES string of the molecule is COC(=O)c1cccc(C(Cl)=NO)c1F. The minimum absolute atomic E-state index is 0.165. The summed E-state index contributed by atoms with van der Waals surface area (Å²) in [7, 11) is 1.14. The molecule has 15 heavy (non-hydrogen) atoms. The molecule has 0 aromatic heterocycles. The molecule has 80 valence electrons. The quantitative estimate of drug-likeness (QED) is 0.367. The maximum Gasteiger partial charge on any atom is 0.340 e. The summed E-state index contributed by atoms with van der Waals surface area (Å²) in [6.07, 6.45) is 0. The van der Waals surface area contributed by atoms with Crippen molar-refractivity contribution in [2.45, 2.75) is 0 Å². The summed E-state index contributed by atoms with van der Waals surface area (Å²) in [5.74, 6) is -1.70. The fourth-order valence-electron chi connectivity index (χ4n) is 1.01. The second-order valence-corrected chi connectivity index (χ2v) is 2.91. The van der Waals surface area contributed by atoms with Crippen LogP contribution in [0.4, 0.5) is 4.39 Å². The highest BCUT2D eigenvalue weighted by molar-refractivity contribution is 6.69. The zero-order valence-electron chi connectivity index (χ0n) is 7.70. The van der Waals surface area contributed by atoms with Crippen molar-refractivity contribution in [3.8, 4) is 0 Å². The Labute approximate surface area is 89.9 Å². The van der Waals surface area contributed by atoms with Gasteiger partial charge < -0.3 is 9.94 Å². The van der Waals surface area contributed by atoms with Crippen molar-refractivity contribution in [1.82, 2.24) is 0 Å². The van der Waals surface area contributed by atoms with Crippen LogP contribution >= 0.6 is 11.6 Å². The molecule has 6 heteroatoms. The lowest BCUT2D eigenvalue weighted by Crippen LogP contribution is -2.08. The van der Waals surface area contributed by atoms with Gasteiger partial charge in [-0.25, -0.2) is 9.18 Å². The molecule has 0 aliphatic carbocycles. The summed E-state index contributed by atoms with van der Waals surface area (Å²) >= 11 is 5.42. The van der Waals surface area contributed by atoms with Gasteiger partial charge in [-0.3, -0.25) is 0 Å². The molecule has 0 atom stereocenters. The first-order chi connectivity index (χ1) is 7.11. The zero-order valence-corrected chi connectivity index (χ0v) is 8.45. The highest BCUT2D eigenvalue weighted by Crippen LogP contribution is 2.16. The van der Waals surface area contributed by atoms with Gasteiger partial charge in [0.05, 0.1) is 18.2 Å². The average molecular weight is 232 g/mol. The molecule has 1 N–H and O–H groups in total. The number of hydrogen-bond acceptors (Lipinski definition) is 4. The summed E-state index contributed by atoms with van der Waals surface area (Å²) < 4.78 is 17.9. The number of carbonyl (C=O) groups excluding carboxylic acids is 1. The van der Waals surface area contributed by atoms with Crippen molar-refractivity contribution < 1.29 is 19.1 Å². The van der Waals surface area contributed by atoms with E-state index >= 15 is 0 Å². The molecule has 0 fully saturated rings. The molecular weight excluding hydrogens is 225 g/mol. The minimum atomic E-state index is -0.882. The van der Waals surface area contributed by atoms with Gasteiger partial charge in [-0.15, -0.1) is 0 Å². The van der Waals surface area contributed by atoms with Crippen LogP contribution in [0.3, 0.4) is 0 Å². The first kappa shape index (κ1) is 11.5. The third-order valence-corrected chi connectivity index (χ3v) is 1.99. The summed E-state index contributed by atoms with van der Waals surface area (Å²) in [6, 6.07) is 3.92. The lowest BCUT2D eigenvalue weighted by atomic mass is 10.1. The van der Waals surface area contributed by atoms with Crippen LogP contribution in [0.5, 0.6) is 0 Å². The Kier molecular flexibility index (Phi) is 3.62. The Morgan fingerprint density at radius 3 is 2.67 bits per heavy atom. The minimum Gasteiger partial charge on any atom is -0.465 e. The van der Waals surface area contributed by atoms with Gasteiger partial charge in [0, 0.05) is 0 Å². The largest absolute Gasteiger partial charge is 0.465 e. The highest BCUT2D eigenvalue weighted by atomic mass is 35.5. The van der Waals surface area contributed by atoms with E-state index in [0.717, 1.165) is 7.11 Å². The number of rotatable bonds is 2. The van der Waals surface area contributed by atoms with Gasteiger partial charge in [-0.1, -0.05) is 22.8 Å². The predicted molar refractivity (Wildman–Crippen MR) is 51.9 cm³/mol. The van der Waals surface area contributed by atoms with E-state index in [0.29, 0.717) is 0 Å². The molecule has 0 aliphatic rings. The summed E-state index contributed by atoms with van der Waals surface area (Å²) in [5.41, 5.74) is -0.432. The standard InChI is InChI=1S/C9H7ClFNO3/c1-15-9(13)6-4-2-3-5(7(6)11)8(10)12-14/h2-4,14H,1H3. The fourth-order valence-corrected chi connectivity index (χ4v) is 1.16. The average Bonchev–Trinajstić information content (AvgIpc) is 2.27. The van der Waals surface area contributed by atoms with Crippen LogP contribution in [0.15, 0.2) is 23.4 Å². The maximum absolute atomic E-state index is 13.6. The van der Waals surface area contributed by atoms with Gasteiger partial charge in [0.2, 0.25) is 0 Å². The van der Waals surface area contributed by atoms with E-state index in [9.17, 15) is 9.18 Å². The fraction of sp³-hybridized carbons (Fsp3) is 0.111. The van der Waals surface area contributed by atoms with Crippen molar-refractivity contribution in [1.29, 1.82) is 0 Å². The molecule has 1 aromatic carbocycles. The predicted octanol–water partition coefficient (Wildman–Crippen LogP) is 1.99. The van der Waals surface area contributed by atoms with E-state index in [-0.39, 0.29) is 11.1 Å². The van der Waals surface area contributed by atoms with Crippen LogP contribution < -0.4 is 0 Å². The van der Waals surface area contributed by atoms with Crippen LogP contribution in [0.2, 0.25) is 0 Å². The van der Waals surface area contributed by atoms with Crippen LogP contribution in [0, 0.1) is 5.82 Å². The summed E-state index contributed by atoms with van der Waals surface area (Å²) in [6.45, 7) is 0. The number of esters is 1. The third-order valence-electron chi connectivity index (χ3n) is 1.71. The molecular formula is C9H7ClFNO3. The van der Waals surface area contributed by atoms with Gasteiger partial charge in [0.1, 0.15) is 5.82 Å². The van der Waals surface area contributed by atoms with E-state index in [4.69, 9.17) is 16.8 Å². The topological polar surface area (TPSA) is 58.9 Å². The molecule has 0 unspecified atom stereocenters. The normalized spacial score (nSPS) is 11.3. The Bertz CT molecular complexity index is 420. The number of halogens is 2.